The summed E-state index contributed by atoms with van der Waals surface area (Å²) in [5.74, 6) is 0.840. The number of hydrogen-bond donors (Lipinski definition) is 3. The van der Waals surface area contributed by atoms with Crippen LogP contribution < -0.4 is 10.6 Å². The molecule has 1 heterocycles. The number of aliphatic hydroxyl groups excluding tert-OH is 1. The van der Waals surface area contributed by atoms with Crippen molar-refractivity contribution in [3.8, 4) is 0 Å². The largest absolute Gasteiger partial charge is 0.392 e. The predicted molar refractivity (Wildman–Crippen MR) is 86.9 cm³/mol. The van der Waals surface area contributed by atoms with Gasteiger partial charge < -0.3 is 20.3 Å². The molecule has 0 aliphatic rings. The summed E-state index contributed by atoms with van der Waals surface area (Å²) in [4.78, 5) is 11.8. The van der Waals surface area contributed by atoms with E-state index in [9.17, 15) is 9.90 Å². The third kappa shape index (κ3) is 4.82. The van der Waals surface area contributed by atoms with E-state index in [4.69, 9.17) is 4.52 Å². The van der Waals surface area contributed by atoms with E-state index in [1.807, 2.05) is 38.1 Å². The average molecular weight is 317 g/mol. The molecule has 0 spiro atoms. The van der Waals surface area contributed by atoms with Crippen molar-refractivity contribution >= 4 is 6.03 Å². The average Bonchev–Trinajstić information content (AvgIpc) is 2.88. The fourth-order valence-electron chi connectivity index (χ4n) is 2.45. The zero-order chi connectivity index (χ0) is 16.7. The number of hydrogen-bond acceptors (Lipinski definition) is 4. The molecule has 1 aromatic heterocycles. The molecule has 0 bridgehead atoms. The molecule has 1 aromatic carbocycles. The standard InChI is InChI=1S/C17H23N3O3/c1-12-16(13(2)23-20-12)8-5-9-18-17(22)19-10-14-6-3-4-7-15(14)11-21/h3-4,6-7,21H,5,8-11H2,1-2H3,(H2,18,19,22). The molecule has 0 saturated carbocycles. The van der Waals surface area contributed by atoms with Crippen molar-refractivity contribution in [2.45, 2.75) is 39.8 Å². The molecule has 0 aliphatic heterocycles. The second-order valence-electron chi connectivity index (χ2n) is 5.44. The van der Waals surface area contributed by atoms with Gasteiger partial charge in [-0.15, -0.1) is 0 Å². The van der Waals surface area contributed by atoms with Crippen molar-refractivity contribution in [1.29, 1.82) is 0 Å². The van der Waals surface area contributed by atoms with Gasteiger partial charge >= 0.3 is 6.03 Å². The fraction of sp³-hybridized carbons (Fsp3) is 0.412. The summed E-state index contributed by atoms with van der Waals surface area (Å²) in [5.41, 5.74) is 3.77. The molecule has 0 unspecified atom stereocenters. The Bertz CT molecular complexity index is 633. The van der Waals surface area contributed by atoms with Gasteiger partial charge in [0.1, 0.15) is 5.76 Å². The number of nitrogens with zero attached hydrogens (tertiary/aromatic N) is 1. The Morgan fingerprint density at radius 1 is 1.22 bits per heavy atom. The summed E-state index contributed by atoms with van der Waals surface area (Å²) in [6, 6.07) is 7.28. The maximum atomic E-state index is 11.8. The SMILES string of the molecule is Cc1noc(C)c1CCCNC(=O)NCc1ccccc1CO. The van der Waals surface area contributed by atoms with Crippen molar-refractivity contribution in [3.63, 3.8) is 0 Å². The van der Waals surface area contributed by atoms with E-state index in [1.165, 1.54) is 0 Å². The third-order valence-corrected chi connectivity index (χ3v) is 3.80. The first-order valence-corrected chi connectivity index (χ1v) is 7.73. The molecule has 0 atom stereocenters. The Labute approximate surface area is 135 Å². The lowest BCUT2D eigenvalue weighted by Gasteiger charge is -2.10. The highest BCUT2D eigenvalue weighted by Crippen LogP contribution is 2.13. The summed E-state index contributed by atoms with van der Waals surface area (Å²) in [5, 5.41) is 18.8. The highest BCUT2D eigenvalue weighted by molar-refractivity contribution is 5.73. The van der Waals surface area contributed by atoms with Crippen molar-refractivity contribution in [2.24, 2.45) is 0 Å². The van der Waals surface area contributed by atoms with Crippen LogP contribution in [0.2, 0.25) is 0 Å². The van der Waals surface area contributed by atoms with Crippen LogP contribution in [-0.2, 0) is 19.6 Å². The van der Waals surface area contributed by atoms with Gasteiger partial charge in [0.15, 0.2) is 0 Å². The molecular formula is C17H23N3O3. The van der Waals surface area contributed by atoms with E-state index in [0.717, 1.165) is 41.0 Å². The van der Waals surface area contributed by atoms with Gasteiger partial charge in [-0.05, 0) is 37.8 Å². The van der Waals surface area contributed by atoms with Crippen molar-refractivity contribution in [3.05, 3.63) is 52.4 Å². The van der Waals surface area contributed by atoms with Crippen LogP contribution in [0, 0.1) is 13.8 Å². The van der Waals surface area contributed by atoms with Crippen LogP contribution in [0.4, 0.5) is 4.79 Å². The first kappa shape index (κ1) is 17.0. The molecule has 124 valence electrons. The maximum Gasteiger partial charge on any atom is 0.315 e. The Morgan fingerprint density at radius 2 is 1.96 bits per heavy atom. The van der Waals surface area contributed by atoms with Gasteiger partial charge in [0.05, 0.1) is 12.3 Å². The van der Waals surface area contributed by atoms with E-state index in [1.54, 1.807) is 0 Å². The van der Waals surface area contributed by atoms with Gasteiger partial charge in [0.2, 0.25) is 0 Å². The van der Waals surface area contributed by atoms with E-state index in [0.29, 0.717) is 13.1 Å². The zero-order valence-electron chi connectivity index (χ0n) is 13.6. The minimum atomic E-state index is -0.212. The summed E-state index contributed by atoms with van der Waals surface area (Å²) in [7, 11) is 0. The number of amides is 2. The van der Waals surface area contributed by atoms with Crippen LogP contribution in [0.5, 0.6) is 0 Å². The highest BCUT2D eigenvalue weighted by atomic mass is 16.5. The number of nitrogens with one attached hydrogen (secondary N) is 2. The molecule has 0 fully saturated rings. The van der Waals surface area contributed by atoms with E-state index < -0.39 is 0 Å². The summed E-state index contributed by atoms with van der Waals surface area (Å²) in [6.45, 7) is 4.76. The maximum absolute atomic E-state index is 11.8. The van der Waals surface area contributed by atoms with Gasteiger partial charge in [-0.3, -0.25) is 0 Å². The minimum Gasteiger partial charge on any atom is -0.392 e. The second-order valence-corrected chi connectivity index (χ2v) is 5.44. The third-order valence-electron chi connectivity index (χ3n) is 3.80. The molecular weight excluding hydrogens is 294 g/mol. The van der Waals surface area contributed by atoms with E-state index in [2.05, 4.69) is 15.8 Å². The van der Waals surface area contributed by atoms with Crippen LogP contribution in [0.3, 0.4) is 0 Å². The van der Waals surface area contributed by atoms with Gasteiger partial charge in [0.25, 0.3) is 0 Å². The molecule has 2 rings (SSSR count). The Hall–Kier alpha value is -2.34. The molecule has 0 saturated heterocycles. The topological polar surface area (TPSA) is 87.4 Å². The number of benzene rings is 1. The van der Waals surface area contributed by atoms with Crippen LogP contribution in [0.25, 0.3) is 0 Å². The molecule has 6 nitrogen and oxygen atoms in total. The Balaban J connectivity index is 1.69. The van der Waals surface area contributed by atoms with Crippen LogP contribution >= 0.6 is 0 Å². The predicted octanol–water partition coefficient (Wildman–Crippen LogP) is 2.22. The summed E-state index contributed by atoms with van der Waals surface area (Å²) in [6.07, 6.45) is 1.65. The Kier molecular flexibility index (Phi) is 6.17. The fourth-order valence-corrected chi connectivity index (χ4v) is 2.45. The van der Waals surface area contributed by atoms with Crippen molar-refractivity contribution in [2.75, 3.05) is 6.54 Å². The molecule has 2 aromatic rings. The van der Waals surface area contributed by atoms with Crippen molar-refractivity contribution < 1.29 is 14.4 Å². The van der Waals surface area contributed by atoms with Crippen LogP contribution in [-0.4, -0.2) is 22.8 Å². The molecule has 23 heavy (non-hydrogen) atoms. The highest BCUT2D eigenvalue weighted by Gasteiger charge is 2.08. The molecule has 0 aliphatic carbocycles. The van der Waals surface area contributed by atoms with Gasteiger partial charge in [-0.1, -0.05) is 29.4 Å². The smallest absolute Gasteiger partial charge is 0.315 e. The van der Waals surface area contributed by atoms with Crippen LogP contribution in [0.15, 0.2) is 28.8 Å². The molecule has 6 heteroatoms. The number of carbonyl (C=O) groups is 1. The molecule has 3 N–H and O–H groups in total. The van der Waals surface area contributed by atoms with Gasteiger partial charge in [0, 0.05) is 18.7 Å². The van der Waals surface area contributed by atoms with Crippen molar-refractivity contribution in [1.82, 2.24) is 15.8 Å². The zero-order valence-corrected chi connectivity index (χ0v) is 13.6. The lowest BCUT2D eigenvalue weighted by atomic mass is 10.1. The van der Waals surface area contributed by atoms with Crippen LogP contribution in [0.1, 0.15) is 34.6 Å². The number of carbonyl (C=O) groups excluding carboxylic acids is 1. The first-order chi connectivity index (χ1) is 11.1. The second kappa shape index (κ2) is 8.33. The number of aryl methyl sites for hydroxylation is 2. The number of rotatable bonds is 7. The van der Waals surface area contributed by atoms with Gasteiger partial charge in [-0.2, -0.15) is 0 Å². The van der Waals surface area contributed by atoms with Gasteiger partial charge in [-0.25, -0.2) is 4.79 Å². The quantitative estimate of drug-likeness (QED) is 0.683. The number of aliphatic hydroxyl groups is 1. The number of aromatic nitrogens is 1. The normalized spacial score (nSPS) is 10.6. The monoisotopic (exact) mass is 317 g/mol. The lowest BCUT2D eigenvalue weighted by molar-refractivity contribution is 0.240. The summed E-state index contributed by atoms with van der Waals surface area (Å²) >= 11 is 0. The minimum absolute atomic E-state index is 0.0308. The Morgan fingerprint density at radius 3 is 2.61 bits per heavy atom. The lowest BCUT2D eigenvalue weighted by Crippen LogP contribution is -2.35. The summed E-state index contributed by atoms with van der Waals surface area (Å²) < 4.78 is 5.11. The molecule has 0 radical (unpaired) electrons. The first-order valence-electron chi connectivity index (χ1n) is 7.73. The van der Waals surface area contributed by atoms with E-state index in [-0.39, 0.29) is 12.6 Å². The van der Waals surface area contributed by atoms with E-state index >= 15 is 0 Å². The molecule has 2 amide bonds. The number of urea groups is 1.